The molecule has 7 heteroatoms. The van der Waals surface area contributed by atoms with Gasteiger partial charge < -0.3 is 9.67 Å². The summed E-state index contributed by atoms with van der Waals surface area (Å²) in [6, 6.07) is 4.64. The van der Waals surface area contributed by atoms with Gasteiger partial charge in [0.05, 0.1) is 5.39 Å². The van der Waals surface area contributed by atoms with Gasteiger partial charge in [0, 0.05) is 29.2 Å². The van der Waals surface area contributed by atoms with Crippen molar-refractivity contribution in [3.05, 3.63) is 57.4 Å². The van der Waals surface area contributed by atoms with E-state index in [0.29, 0.717) is 11.2 Å². The summed E-state index contributed by atoms with van der Waals surface area (Å²) < 4.78 is 16.4. The van der Waals surface area contributed by atoms with Crippen molar-refractivity contribution in [3.63, 3.8) is 0 Å². The minimum absolute atomic E-state index is 0.0134. The lowest BCUT2D eigenvalue weighted by molar-refractivity contribution is 0.0695. The molecule has 6 nitrogen and oxygen atoms in total. The molecule has 1 aliphatic rings. The molecule has 0 aromatic carbocycles. The summed E-state index contributed by atoms with van der Waals surface area (Å²) in [7, 11) is 0. The second-order valence-electron chi connectivity index (χ2n) is 6.64. The number of carboxylic acid groups (broad SMARTS) is 1. The van der Waals surface area contributed by atoms with Crippen molar-refractivity contribution in [1.82, 2.24) is 14.5 Å². The zero-order valence-corrected chi connectivity index (χ0v) is 14.3. The summed E-state index contributed by atoms with van der Waals surface area (Å²) in [5, 5.41) is 9.27. The third kappa shape index (κ3) is 2.65. The number of carbonyl (C=O) groups is 1. The van der Waals surface area contributed by atoms with E-state index in [-0.39, 0.29) is 22.7 Å². The maximum atomic E-state index is 14.8. The normalized spacial score (nSPS) is 14.0. The van der Waals surface area contributed by atoms with Crippen LogP contribution in [0.1, 0.15) is 40.6 Å². The Morgan fingerprint density at radius 2 is 1.85 bits per heavy atom. The predicted molar refractivity (Wildman–Crippen MR) is 93.9 cm³/mol. The Kier molecular flexibility index (Phi) is 3.61. The van der Waals surface area contributed by atoms with Gasteiger partial charge in [-0.1, -0.05) is 0 Å². The van der Waals surface area contributed by atoms with E-state index in [0.717, 1.165) is 30.3 Å². The van der Waals surface area contributed by atoms with Crippen LogP contribution in [0.25, 0.3) is 22.3 Å². The molecule has 0 aliphatic heterocycles. The van der Waals surface area contributed by atoms with E-state index >= 15 is 0 Å². The van der Waals surface area contributed by atoms with Crippen molar-refractivity contribution in [2.75, 3.05) is 0 Å². The lowest BCUT2D eigenvalue weighted by Gasteiger charge is -2.13. The molecule has 1 saturated carbocycles. The zero-order chi connectivity index (χ0) is 18.6. The molecule has 1 N–H and O–H groups in total. The third-order valence-corrected chi connectivity index (χ3v) is 4.48. The highest BCUT2D eigenvalue weighted by atomic mass is 19.1. The van der Waals surface area contributed by atoms with E-state index in [2.05, 4.69) is 9.97 Å². The number of aryl methyl sites for hydroxylation is 2. The van der Waals surface area contributed by atoms with Crippen LogP contribution >= 0.6 is 0 Å². The highest BCUT2D eigenvalue weighted by Crippen LogP contribution is 2.37. The average Bonchev–Trinajstić information content (AvgIpc) is 3.38. The maximum Gasteiger partial charge on any atom is 0.341 e. The van der Waals surface area contributed by atoms with Crippen molar-refractivity contribution < 1.29 is 14.3 Å². The largest absolute Gasteiger partial charge is 0.477 e. The van der Waals surface area contributed by atoms with Crippen LogP contribution in [-0.4, -0.2) is 25.6 Å². The number of rotatable bonds is 3. The Bertz CT molecular complexity index is 1110. The number of aromatic nitrogens is 3. The lowest BCUT2D eigenvalue weighted by Crippen LogP contribution is -2.19. The first kappa shape index (κ1) is 16.4. The molecule has 0 spiro atoms. The molecule has 132 valence electrons. The van der Waals surface area contributed by atoms with Gasteiger partial charge in [0.2, 0.25) is 5.43 Å². The van der Waals surface area contributed by atoms with Gasteiger partial charge in [0.1, 0.15) is 22.7 Å². The fraction of sp³-hybridized carbons (Fsp3) is 0.263. The third-order valence-electron chi connectivity index (χ3n) is 4.48. The highest BCUT2D eigenvalue weighted by Gasteiger charge is 2.28. The van der Waals surface area contributed by atoms with Crippen molar-refractivity contribution >= 4 is 17.0 Å². The predicted octanol–water partition coefficient (Wildman–Crippen LogP) is 3.25. The van der Waals surface area contributed by atoms with Gasteiger partial charge in [0.15, 0.2) is 0 Å². The number of halogens is 1. The van der Waals surface area contributed by atoms with Gasteiger partial charge in [-0.15, -0.1) is 0 Å². The van der Waals surface area contributed by atoms with Crippen molar-refractivity contribution in [2.45, 2.75) is 32.7 Å². The van der Waals surface area contributed by atoms with Gasteiger partial charge in [-0.3, -0.25) is 9.78 Å². The van der Waals surface area contributed by atoms with E-state index in [1.807, 2.05) is 13.8 Å². The summed E-state index contributed by atoms with van der Waals surface area (Å²) in [6.45, 7) is 3.63. The Balaban J connectivity index is 2.05. The minimum Gasteiger partial charge on any atom is -0.477 e. The van der Waals surface area contributed by atoms with Crippen LogP contribution in [0.4, 0.5) is 4.39 Å². The molecular weight excluding hydrogens is 337 g/mol. The van der Waals surface area contributed by atoms with Crippen LogP contribution in [0, 0.1) is 19.7 Å². The Hall–Kier alpha value is -3.09. The summed E-state index contributed by atoms with van der Waals surface area (Å²) >= 11 is 0. The second-order valence-corrected chi connectivity index (χ2v) is 6.64. The summed E-state index contributed by atoms with van der Waals surface area (Å²) in [5.74, 6) is -1.99. The van der Waals surface area contributed by atoms with E-state index < -0.39 is 17.2 Å². The maximum absolute atomic E-state index is 14.8. The molecule has 0 saturated heterocycles. The Labute approximate surface area is 148 Å². The molecule has 0 amide bonds. The molecule has 0 bridgehead atoms. The van der Waals surface area contributed by atoms with Gasteiger partial charge in [-0.2, -0.15) is 0 Å². The number of nitrogens with zero attached hydrogens (tertiary/aromatic N) is 3. The smallest absolute Gasteiger partial charge is 0.341 e. The first-order valence-electron chi connectivity index (χ1n) is 8.29. The SMILES string of the molecule is Cc1cc(-c2nc3c(cc2F)c(=O)c(C(=O)O)cn3C2CC2)cc(C)n1. The molecule has 26 heavy (non-hydrogen) atoms. The van der Waals surface area contributed by atoms with E-state index in [1.165, 1.54) is 6.20 Å². The number of hydrogen-bond donors (Lipinski definition) is 1. The van der Waals surface area contributed by atoms with Gasteiger partial charge in [-0.25, -0.2) is 14.2 Å². The lowest BCUT2D eigenvalue weighted by atomic mass is 10.1. The Morgan fingerprint density at radius 3 is 2.42 bits per heavy atom. The van der Waals surface area contributed by atoms with Crippen LogP contribution in [0.15, 0.2) is 29.2 Å². The van der Waals surface area contributed by atoms with Crippen LogP contribution in [0.3, 0.4) is 0 Å². The molecular formula is C19H16FN3O3. The highest BCUT2D eigenvalue weighted by molar-refractivity contribution is 5.92. The van der Waals surface area contributed by atoms with Crippen molar-refractivity contribution in [1.29, 1.82) is 0 Å². The van der Waals surface area contributed by atoms with Crippen molar-refractivity contribution in [2.24, 2.45) is 0 Å². The molecule has 4 rings (SSSR count). The molecule has 3 aromatic heterocycles. The van der Waals surface area contributed by atoms with E-state index in [4.69, 9.17) is 0 Å². The molecule has 1 aliphatic carbocycles. The van der Waals surface area contributed by atoms with E-state index in [9.17, 15) is 19.1 Å². The summed E-state index contributed by atoms with van der Waals surface area (Å²) in [6.07, 6.45) is 3.07. The first-order chi connectivity index (χ1) is 12.3. The quantitative estimate of drug-likeness (QED) is 0.781. The van der Waals surface area contributed by atoms with Gasteiger partial charge >= 0.3 is 5.97 Å². The fourth-order valence-electron chi connectivity index (χ4n) is 3.20. The molecule has 1 fully saturated rings. The topological polar surface area (TPSA) is 85.1 Å². The summed E-state index contributed by atoms with van der Waals surface area (Å²) in [4.78, 5) is 32.5. The van der Waals surface area contributed by atoms with E-state index in [1.54, 1.807) is 16.7 Å². The zero-order valence-electron chi connectivity index (χ0n) is 14.3. The van der Waals surface area contributed by atoms with Crippen LogP contribution in [0.2, 0.25) is 0 Å². The minimum atomic E-state index is -1.32. The monoisotopic (exact) mass is 353 g/mol. The van der Waals surface area contributed by atoms with Crippen LogP contribution < -0.4 is 5.43 Å². The molecule has 3 heterocycles. The van der Waals surface area contributed by atoms with Crippen LogP contribution in [0.5, 0.6) is 0 Å². The molecule has 0 atom stereocenters. The number of aromatic carboxylic acids is 1. The molecule has 3 aromatic rings. The Morgan fingerprint density at radius 1 is 1.19 bits per heavy atom. The number of carboxylic acids is 1. The molecule has 0 radical (unpaired) electrons. The fourth-order valence-corrected chi connectivity index (χ4v) is 3.20. The second kappa shape index (κ2) is 5.72. The number of pyridine rings is 3. The van der Waals surface area contributed by atoms with Crippen molar-refractivity contribution in [3.8, 4) is 11.3 Å². The number of fused-ring (bicyclic) bond motifs is 1. The van der Waals surface area contributed by atoms with Gasteiger partial charge in [-0.05, 0) is 44.9 Å². The molecule has 0 unspecified atom stereocenters. The number of hydrogen-bond acceptors (Lipinski definition) is 4. The van der Waals surface area contributed by atoms with Gasteiger partial charge in [0.25, 0.3) is 0 Å². The average molecular weight is 353 g/mol. The van der Waals surface area contributed by atoms with Crippen LogP contribution in [-0.2, 0) is 0 Å². The summed E-state index contributed by atoms with van der Waals surface area (Å²) in [5.41, 5.74) is 1.41. The standard InChI is InChI=1S/C19H16FN3O3/c1-9-5-11(6-10(2)21-9)16-15(20)7-13-17(24)14(19(25)26)8-23(12-3-4-12)18(13)22-16/h5-8,12H,3-4H2,1-2H3,(H,25,26). The first-order valence-corrected chi connectivity index (χ1v) is 8.29.